The van der Waals surface area contributed by atoms with E-state index in [1.165, 1.54) is 4.90 Å². The number of imide groups is 1. The number of halogens is 1. The molecule has 2 aliphatic carbocycles. The zero-order valence-corrected chi connectivity index (χ0v) is 21.5. The van der Waals surface area contributed by atoms with Crippen LogP contribution in [0.25, 0.3) is 0 Å². The Morgan fingerprint density at radius 3 is 2.33 bits per heavy atom. The van der Waals surface area contributed by atoms with Crippen LogP contribution in [0.3, 0.4) is 0 Å². The van der Waals surface area contributed by atoms with Crippen LogP contribution in [0.1, 0.15) is 18.9 Å². The summed E-state index contributed by atoms with van der Waals surface area (Å²) in [4.78, 5) is 31.6. The van der Waals surface area contributed by atoms with E-state index in [-0.39, 0.29) is 59.5 Å². The molecule has 180 valence electrons. The lowest BCUT2D eigenvalue weighted by molar-refractivity contribution is -0.140. The monoisotopic (exact) mass is 568 g/mol. The molecule has 0 aromatic heterocycles. The van der Waals surface area contributed by atoms with E-state index >= 15 is 0 Å². The van der Waals surface area contributed by atoms with E-state index in [1.54, 1.807) is 7.11 Å². The van der Waals surface area contributed by atoms with Crippen LogP contribution in [0, 0.1) is 23.7 Å². The van der Waals surface area contributed by atoms with E-state index in [9.17, 15) is 9.59 Å². The maximum absolute atomic E-state index is 12.8. The minimum absolute atomic E-state index is 0. The molecule has 1 heterocycles. The van der Waals surface area contributed by atoms with Crippen molar-refractivity contribution in [3.63, 3.8) is 0 Å². The van der Waals surface area contributed by atoms with Crippen LogP contribution in [-0.4, -0.2) is 62.6 Å². The Morgan fingerprint density at radius 2 is 1.73 bits per heavy atom. The second kappa shape index (κ2) is 11.8. The smallest absolute Gasteiger partial charge is 0.233 e. The molecule has 0 radical (unpaired) electrons. The number of hydrogen-bond donors (Lipinski definition) is 2. The quantitative estimate of drug-likeness (QED) is 0.112. The third-order valence-corrected chi connectivity index (χ3v) is 6.43. The van der Waals surface area contributed by atoms with Gasteiger partial charge in [0.25, 0.3) is 0 Å². The van der Waals surface area contributed by atoms with E-state index in [4.69, 9.17) is 9.47 Å². The third-order valence-electron chi connectivity index (χ3n) is 6.43. The summed E-state index contributed by atoms with van der Waals surface area (Å²) in [5.41, 5.74) is 1.06. The van der Waals surface area contributed by atoms with Gasteiger partial charge in [0.05, 0.1) is 25.0 Å². The Labute approximate surface area is 212 Å². The highest BCUT2D eigenvalue weighted by atomic mass is 127. The highest BCUT2D eigenvalue weighted by Gasteiger charge is 2.58. The van der Waals surface area contributed by atoms with Crippen molar-refractivity contribution in [1.29, 1.82) is 0 Å². The van der Waals surface area contributed by atoms with Crippen LogP contribution < -0.4 is 15.4 Å². The van der Waals surface area contributed by atoms with E-state index < -0.39 is 0 Å². The summed E-state index contributed by atoms with van der Waals surface area (Å²) in [6.45, 7) is 5.13. The second-order valence-electron chi connectivity index (χ2n) is 8.44. The van der Waals surface area contributed by atoms with Gasteiger partial charge in [-0.1, -0.05) is 24.3 Å². The molecule has 1 saturated heterocycles. The number of aliphatic imine (C=N–C) groups is 1. The van der Waals surface area contributed by atoms with Gasteiger partial charge in [-0.2, -0.15) is 0 Å². The number of benzene rings is 1. The zero-order valence-electron chi connectivity index (χ0n) is 19.2. The lowest BCUT2D eigenvalue weighted by Gasteiger charge is -2.18. The molecule has 2 fully saturated rings. The molecule has 9 heteroatoms. The van der Waals surface area contributed by atoms with Gasteiger partial charge in [-0.05, 0) is 42.9 Å². The van der Waals surface area contributed by atoms with Gasteiger partial charge >= 0.3 is 0 Å². The van der Waals surface area contributed by atoms with Crippen LogP contribution in [0.2, 0.25) is 0 Å². The number of amides is 2. The molecule has 0 spiro atoms. The van der Waals surface area contributed by atoms with Crippen molar-refractivity contribution < 1.29 is 19.1 Å². The van der Waals surface area contributed by atoms with E-state index in [0.717, 1.165) is 24.3 Å². The molecule has 4 unspecified atom stereocenters. The number of carbonyl (C=O) groups excluding carboxylic acids is 2. The van der Waals surface area contributed by atoms with Crippen molar-refractivity contribution in [3.05, 3.63) is 42.0 Å². The van der Waals surface area contributed by atoms with Crippen molar-refractivity contribution >= 4 is 41.8 Å². The van der Waals surface area contributed by atoms with Gasteiger partial charge in [-0.15, -0.1) is 24.0 Å². The first-order chi connectivity index (χ1) is 15.6. The van der Waals surface area contributed by atoms with Gasteiger partial charge < -0.3 is 20.1 Å². The molecule has 1 aliphatic heterocycles. The van der Waals surface area contributed by atoms with Gasteiger partial charge in [0.1, 0.15) is 12.4 Å². The molecular formula is C24H33IN4O4. The molecule has 4 rings (SSSR count). The number of ether oxygens (including phenoxy) is 2. The number of carbonyl (C=O) groups is 2. The number of hydrogen-bond acceptors (Lipinski definition) is 5. The van der Waals surface area contributed by atoms with Gasteiger partial charge in [0.2, 0.25) is 11.8 Å². The van der Waals surface area contributed by atoms with Gasteiger partial charge in [-0.3, -0.25) is 14.5 Å². The molecule has 1 saturated carbocycles. The summed E-state index contributed by atoms with van der Waals surface area (Å²) < 4.78 is 10.6. The van der Waals surface area contributed by atoms with E-state index in [0.29, 0.717) is 38.8 Å². The van der Waals surface area contributed by atoms with E-state index in [1.807, 2.05) is 31.2 Å². The minimum Gasteiger partial charge on any atom is -0.491 e. The fraction of sp³-hybridized carbons (Fsp3) is 0.542. The van der Waals surface area contributed by atoms with Crippen molar-refractivity contribution in [2.24, 2.45) is 28.7 Å². The molecule has 8 nitrogen and oxygen atoms in total. The number of nitrogens with zero attached hydrogens (tertiary/aromatic N) is 2. The minimum atomic E-state index is -0.138. The molecule has 2 amide bonds. The molecule has 33 heavy (non-hydrogen) atoms. The predicted octanol–water partition coefficient (Wildman–Crippen LogP) is 2.19. The molecular weight excluding hydrogens is 535 g/mol. The Bertz CT molecular complexity index is 859. The normalized spacial score (nSPS) is 25.3. The average Bonchev–Trinajstić information content (AvgIpc) is 3.48. The molecule has 2 bridgehead atoms. The number of guanidine groups is 1. The number of methoxy groups -OCH3 is 1. The Balaban J connectivity index is 0.00000306. The molecule has 4 atom stereocenters. The largest absolute Gasteiger partial charge is 0.491 e. The zero-order chi connectivity index (χ0) is 22.5. The fourth-order valence-electron chi connectivity index (χ4n) is 4.92. The van der Waals surface area contributed by atoms with Crippen molar-refractivity contribution in [3.8, 4) is 5.75 Å². The molecule has 1 aromatic carbocycles. The predicted molar refractivity (Wildman–Crippen MR) is 136 cm³/mol. The third kappa shape index (κ3) is 5.68. The van der Waals surface area contributed by atoms with Gasteiger partial charge in [0, 0.05) is 26.7 Å². The molecule has 2 N–H and O–H groups in total. The van der Waals surface area contributed by atoms with E-state index in [2.05, 4.69) is 27.8 Å². The number of allylic oxidation sites excluding steroid dienone is 2. The van der Waals surface area contributed by atoms with Crippen LogP contribution in [0.5, 0.6) is 5.75 Å². The van der Waals surface area contributed by atoms with Gasteiger partial charge in [-0.25, -0.2) is 4.99 Å². The molecule has 3 aliphatic rings. The Hall–Kier alpha value is -2.14. The Kier molecular flexibility index (Phi) is 9.13. The number of nitrogens with one attached hydrogen (secondary N) is 2. The summed E-state index contributed by atoms with van der Waals surface area (Å²) in [7, 11) is 1.65. The van der Waals surface area contributed by atoms with Crippen LogP contribution in [-0.2, 0) is 20.9 Å². The standard InChI is InChI=1S/C24H32N4O4.HI/c1-3-25-24(27-15-16-4-8-19(9-5-16)32-13-12-31-2)26-10-11-28-22(29)20-17-6-7-18(14-17)21(20)23(28)30;/h4-9,17-18,20-21H,3,10-15H2,1-2H3,(H2,25,26,27);1H. The van der Waals surface area contributed by atoms with Crippen molar-refractivity contribution in [2.45, 2.75) is 19.9 Å². The maximum atomic E-state index is 12.8. The van der Waals surface area contributed by atoms with Crippen LogP contribution in [0.15, 0.2) is 41.4 Å². The molecule has 1 aromatic rings. The summed E-state index contributed by atoms with van der Waals surface area (Å²) >= 11 is 0. The lowest BCUT2D eigenvalue weighted by Crippen LogP contribution is -2.43. The summed E-state index contributed by atoms with van der Waals surface area (Å²) in [5.74, 6) is 1.66. The fourth-order valence-corrected chi connectivity index (χ4v) is 4.92. The Morgan fingerprint density at radius 1 is 1.06 bits per heavy atom. The topological polar surface area (TPSA) is 92.3 Å². The highest BCUT2D eigenvalue weighted by Crippen LogP contribution is 2.52. The summed E-state index contributed by atoms with van der Waals surface area (Å²) in [5, 5.41) is 6.46. The second-order valence-corrected chi connectivity index (χ2v) is 8.44. The first-order valence-electron chi connectivity index (χ1n) is 11.4. The maximum Gasteiger partial charge on any atom is 0.233 e. The van der Waals surface area contributed by atoms with Crippen molar-refractivity contribution in [2.75, 3.05) is 40.0 Å². The van der Waals surface area contributed by atoms with Crippen LogP contribution >= 0.6 is 24.0 Å². The highest BCUT2D eigenvalue weighted by molar-refractivity contribution is 14.0. The number of fused-ring (bicyclic) bond motifs is 5. The summed E-state index contributed by atoms with van der Waals surface area (Å²) in [6.07, 6.45) is 5.19. The van der Waals surface area contributed by atoms with Crippen LogP contribution in [0.4, 0.5) is 0 Å². The van der Waals surface area contributed by atoms with Crippen molar-refractivity contribution in [1.82, 2.24) is 15.5 Å². The van der Waals surface area contributed by atoms with Gasteiger partial charge in [0.15, 0.2) is 5.96 Å². The number of likely N-dealkylation sites (tertiary alicyclic amines) is 1. The number of rotatable bonds is 10. The lowest BCUT2D eigenvalue weighted by atomic mass is 9.85. The summed E-state index contributed by atoms with van der Waals surface area (Å²) in [6, 6.07) is 7.81. The first-order valence-corrected chi connectivity index (χ1v) is 11.4. The first kappa shape index (κ1) is 25.5. The SMILES string of the molecule is CCNC(=NCc1ccc(OCCOC)cc1)NCCN1C(=O)C2C3C=CC(C3)C2C1=O.I. The average molecular weight is 568 g/mol.